The Bertz CT molecular complexity index is 220. The number of methoxy groups -OCH3 is 2. The summed E-state index contributed by atoms with van der Waals surface area (Å²) in [5.41, 5.74) is 0.952. The lowest BCUT2D eigenvalue weighted by molar-refractivity contribution is -0.145. The van der Waals surface area contributed by atoms with Gasteiger partial charge in [-0.2, -0.15) is 0 Å². The quantitative estimate of drug-likeness (QED) is 0.472. The molecular weight excluding hydrogens is 210 g/mol. The largest absolute Gasteiger partial charge is 0.468 e. The molecule has 5 nitrogen and oxygen atoms in total. The van der Waals surface area contributed by atoms with Crippen molar-refractivity contribution in [1.29, 1.82) is 0 Å². The van der Waals surface area contributed by atoms with Gasteiger partial charge in [-0.1, -0.05) is 19.1 Å². The van der Waals surface area contributed by atoms with Gasteiger partial charge < -0.3 is 9.47 Å². The van der Waals surface area contributed by atoms with E-state index in [0.717, 1.165) is 12.0 Å². The van der Waals surface area contributed by atoms with Gasteiger partial charge in [0.2, 0.25) is 0 Å². The van der Waals surface area contributed by atoms with Gasteiger partial charge >= 0.3 is 11.9 Å². The smallest absolute Gasteiger partial charge is 0.319 e. The fourth-order valence-corrected chi connectivity index (χ4v) is 1.09. The minimum Gasteiger partial charge on any atom is -0.468 e. The van der Waals surface area contributed by atoms with Crippen molar-refractivity contribution in [3.8, 4) is 0 Å². The third-order valence-corrected chi connectivity index (χ3v) is 2.11. The van der Waals surface area contributed by atoms with E-state index < -0.39 is 0 Å². The molecule has 0 atom stereocenters. The van der Waals surface area contributed by atoms with E-state index >= 15 is 0 Å². The summed E-state index contributed by atoms with van der Waals surface area (Å²) in [5, 5.41) is 0. The Morgan fingerprint density at radius 2 is 1.50 bits per heavy atom. The second-order valence-electron chi connectivity index (χ2n) is 3.40. The van der Waals surface area contributed by atoms with Gasteiger partial charge in [-0.05, 0) is 6.42 Å². The zero-order valence-corrected chi connectivity index (χ0v) is 10.1. The van der Waals surface area contributed by atoms with E-state index in [-0.39, 0.29) is 25.0 Å². The van der Waals surface area contributed by atoms with Gasteiger partial charge in [0.1, 0.15) is 0 Å². The van der Waals surface area contributed by atoms with Crippen LogP contribution in [0.2, 0.25) is 0 Å². The molecule has 92 valence electrons. The van der Waals surface area contributed by atoms with Crippen LogP contribution in [0.5, 0.6) is 0 Å². The van der Waals surface area contributed by atoms with Crippen LogP contribution in [-0.2, 0) is 19.1 Å². The summed E-state index contributed by atoms with van der Waals surface area (Å²) in [6.07, 6.45) is 0.804. The zero-order chi connectivity index (χ0) is 12.6. The topological polar surface area (TPSA) is 55.8 Å². The molecule has 0 N–H and O–H groups in total. The molecule has 16 heavy (non-hydrogen) atoms. The number of esters is 2. The van der Waals surface area contributed by atoms with E-state index in [9.17, 15) is 9.59 Å². The van der Waals surface area contributed by atoms with E-state index in [1.807, 2.05) is 6.92 Å². The summed E-state index contributed by atoms with van der Waals surface area (Å²) < 4.78 is 9.10. The first-order valence-corrected chi connectivity index (χ1v) is 5.06. The third kappa shape index (κ3) is 6.19. The summed E-state index contributed by atoms with van der Waals surface area (Å²) in [5.74, 6) is -0.763. The van der Waals surface area contributed by atoms with Gasteiger partial charge in [-0.3, -0.25) is 14.5 Å². The van der Waals surface area contributed by atoms with Gasteiger partial charge in [0, 0.05) is 6.54 Å². The van der Waals surface area contributed by atoms with Crippen LogP contribution in [0.1, 0.15) is 13.3 Å². The van der Waals surface area contributed by atoms with Gasteiger partial charge in [0.05, 0.1) is 27.3 Å². The van der Waals surface area contributed by atoms with Crippen molar-refractivity contribution in [2.24, 2.45) is 0 Å². The molecule has 0 aromatic rings. The maximum atomic E-state index is 11.1. The fourth-order valence-electron chi connectivity index (χ4n) is 1.09. The van der Waals surface area contributed by atoms with E-state index in [0.29, 0.717) is 6.54 Å². The van der Waals surface area contributed by atoms with Crippen molar-refractivity contribution in [2.45, 2.75) is 13.3 Å². The first-order valence-electron chi connectivity index (χ1n) is 5.06. The van der Waals surface area contributed by atoms with Crippen molar-refractivity contribution in [3.63, 3.8) is 0 Å². The predicted molar refractivity (Wildman–Crippen MR) is 59.9 cm³/mol. The molecule has 0 radical (unpaired) electrons. The molecule has 0 amide bonds. The molecule has 0 unspecified atom stereocenters. The standard InChI is InChI=1S/C11H19NO4/c1-5-9(2)6-12(7-10(13)15-3)8-11(14)16-4/h2,5-8H2,1,3-4H3. The molecule has 0 bridgehead atoms. The lowest BCUT2D eigenvalue weighted by Gasteiger charge is -2.20. The molecule has 0 saturated carbocycles. The molecule has 0 saturated heterocycles. The molecule has 0 fully saturated rings. The third-order valence-electron chi connectivity index (χ3n) is 2.11. The van der Waals surface area contributed by atoms with Crippen LogP contribution in [0.4, 0.5) is 0 Å². The number of ether oxygens (including phenoxy) is 2. The lowest BCUT2D eigenvalue weighted by Crippen LogP contribution is -2.36. The second-order valence-corrected chi connectivity index (χ2v) is 3.40. The van der Waals surface area contributed by atoms with E-state index in [1.54, 1.807) is 4.90 Å². The Kier molecular flexibility index (Phi) is 7.20. The minimum absolute atomic E-state index is 0.0601. The molecule has 0 rings (SSSR count). The van der Waals surface area contributed by atoms with Gasteiger partial charge in [-0.25, -0.2) is 0 Å². The van der Waals surface area contributed by atoms with Gasteiger partial charge in [0.25, 0.3) is 0 Å². The number of hydrogen-bond acceptors (Lipinski definition) is 5. The SMILES string of the molecule is C=C(CC)CN(CC(=O)OC)CC(=O)OC. The molecule has 0 aliphatic heterocycles. The van der Waals surface area contributed by atoms with Crippen LogP contribution < -0.4 is 0 Å². The fraction of sp³-hybridized carbons (Fsp3) is 0.636. The first-order chi connectivity index (χ1) is 7.53. The van der Waals surface area contributed by atoms with Crippen LogP contribution in [0.3, 0.4) is 0 Å². The van der Waals surface area contributed by atoms with E-state index in [1.165, 1.54) is 14.2 Å². The van der Waals surface area contributed by atoms with Crippen molar-refractivity contribution < 1.29 is 19.1 Å². The lowest BCUT2D eigenvalue weighted by atomic mass is 10.2. The van der Waals surface area contributed by atoms with Gasteiger partial charge in [0.15, 0.2) is 0 Å². The summed E-state index contributed by atoms with van der Waals surface area (Å²) >= 11 is 0. The van der Waals surface area contributed by atoms with Gasteiger partial charge in [-0.15, -0.1) is 0 Å². The number of nitrogens with zero attached hydrogens (tertiary/aromatic N) is 1. The minimum atomic E-state index is -0.382. The van der Waals surface area contributed by atoms with Crippen LogP contribution >= 0.6 is 0 Å². The monoisotopic (exact) mass is 229 g/mol. The maximum absolute atomic E-state index is 11.1. The van der Waals surface area contributed by atoms with Crippen LogP contribution in [0.25, 0.3) is 0 Å². The normalized spacial score (nSPS) is 10.0. The molecule has 0 heterocycles. The average molecular weight is 229 g/mol. The Balaban J connectivity index is 4.31. The molecule has 0 spiro atoms. The highest BCUT2D eigenvalue weighted by Crippen LogP contribution is 2.01. The molecule has 0 aliphatic rings. The Hall–Kier alpha value is -1.36. The number of carbonyl (C=O) groups is 2. The summed E-state index contributed by atoms with van der Waals surface area (Å²) in [4.78, 5) is 23.9. The molecule has 0 aromatic carbocycles. The highest BCUT2D eigenvalue weighted by atomic mass is 16.5. The zero-order valence-electron chi connectivity index (χ0n) is 10.1. The van der Waals surface area contributed by atoms with Crippen LogP contribution in [0, 0.1) is 0 Å². The first kappa shape index (κ1) is 14.6. The Morgan fingerprint density at radius 1 is 1.06 bits per heavy atom. The van der Waals surface area contributed by atoms with Crippen molar-refractivity contribution in [1.82, 2.24) is 4.90 Å². The van der Waals surface area contributed by atoms with Crippen molar-refractivity contribution >= 4 is 11.9 Å². The van der Waals surface area contributed by atoms with Crippen molar-refractivity contribution in [3.05, 3.63) is 12.2 Å². The number of carbonyl (C=O) groups excluding carboxylic acids is 2. The highest BCUT2D eigenvalue weighted by molar-refractivity contribution is 5.74. The Morgan fingerprint density at radius 3 is 1.81 bits per heavy atom. The second kappa shape index (κ2) is 7.87. The molecular formula is C11H19NO4. The molecule has 0 aliphatic carbocycles. The number of hydrogen-bond donors (Lipinski definition) is 0. The predicted octanol–water partition coefficient (Wildman–Crippen LogP) is 0.601. The summed E-state index contributed by atoms with van der Waals surface area (Å²) in [7, 11) is 2.63. The average Bonchev–Trinajstić information content (AvgIpc) is 2.28. The molecule has 0 aromatic heterocycles. The van der Waals surface area contributed by atoms with Crippen molar-refractivity contribution in [2.75, 3.05) is 33.9 Å². The highest BCUT2D eigenvalue weighted by Gasteiger charge is 2.15. The summed E-state index contributed by atoms with van der Waals surface area (Å²) in [6.45, 7) is 6.41. The van der Waals surface area contributed by atoms with Crippen LogP contribution in [-0.4, -0.2) is 50.7 Å². The summed E-state index contributed by atoms with van der Waals surface area (Å²) in [6, 6.07) is 0. The van der Waals surface area contributed by atoms with Crippen LogP contribution in [0.15, 0.2) is 12.2 Å². The number of rotatable bonds is 7. The Labute approximate surface area is 96.0 Å². The maximum Gasteiger partial charge on any atom is 0.319 e. The molecule has 5 heteroatoms. The van der Waals surface area contributed by atoms with E-state index in [2.05, 4.69) is 16.1 Å². The van der Waals surface area contributed by atoms with E-state index in [4.69, 9.17) is 0 Å².